The van der Waals surface area contributed by atoms with E-state index in [1.165, 1.54) is 7.11 Å². The first-order valence-corrected chi connectivity index (χ1v) is 6.84. The Morgan fingerprint density at radius 3 is 2.44 bits per heavy atom. The van der Waals surface area contributed by atoms with Crippen molar-refractivity contribution in [1.29, 1.82) is 0 Å². The molecule has 16 heavy (non-hydrogen) atoms. The minimum Gasteiger partial charge on any atom is -0.300 e. The zero-order valence-electron chi connectivity index (χ0n) is 10.4. The summed E-state index contributed by atoms with van der Waals surface area (Å²) in [6.45, 7) is 5.72. The fourth-order valence-electron chi connectivity index (χ4n) is 1.05. The summed E-state index contributed by atoms with van der Waals surface area (Å²) in [6.07, 6.45) is 1.22. The SMILES string of the molecule is CCOP(=O)(OC)OC[C@H](C)CCC(C)=O. The maximum absolute atomic E-state index is 11.7. The lowest BCUT2D eigenvalue weighted by atomic mass is 10.1. The van der Waals surface area contributed by atoms with Crippen molar-refractivity contribution in [3.05, 3.63) is 0 Å². The molecule has 0 N–H and O–H groups in total. The first kappa shape index (κ1) is 15.8. The summed E-state index contributed by atoms with van der Waals surface area (Å²) in [7, 11) is -2.10. The number of phosphoric ester groups is 1. The molecule has 0 fully saturated rings. The van der Waals surface area contributed by atoms with Gasteiger partial charge in [0.2, 0.25) is 0 Å². The Labute approximate surface area is 97.1 Å². The molecule has 0 spiro atoms. The van der Waals surface area contributed by atoms with Crippen LogP contribution in [0.15, 0.2) is 0 Å². The van der Waals surface area contributed by atoms with Gasteiger partial charge in [0.1, 0.15) is 5.78 Å². The molecule has 0 rings (SSSR count). The molecule has 0 bridgehead atoms. The van der Waals surface area contributed by atoms with Crippen LogP contribution in [0.3, 0.4) is 0 Å². The van der Waals surface area contributed by atoms with E-state index in [0.717, 1.165) is 0 Å². The topological polar surface area (TPSA) is 61.8 Å². The molecule has 0 aromatic heterocycles. The molecule has 0 saturated heterocycles. The van der Waals surface area contributed by atoms with Crippen molar-refractivity contribution in [2.75, 3.05) is 20.3 Å². The first-order valence-electron chi connectivity index (χ1n) is 5.37. The van der Waals surface area contributed by atoms with Crippen molar-refractivity contribution >= 4 is 13.6 Å². The number of ketones is 1. The van der Waals surface area contributed by atoms with E-state index in [1.54, 1.807) is 13.8 Å². The molecule has 0 aromatic carbocycles. The van der Waals surface area contributed by atoms with Crippen LogP contribution in [0.25, 0.3) is 0 Å². The molecule has 0 aliphatic carbocycles. The third-order valence-corrected chi connectivity index (χ3v) is 3.50. The lowest BCUT2D eigenvalue weighted by Crippen LogP contribution is -2.08. The zero-order chi connectivity index (χ0) is 12.6. The predicted octanol–water partition coefficient (Wildman–Crippen LogP) is 2.80. The highest BCUT2D eigenvalue weighted by molar-refractivity contribution is 7.48. The molecular weight excluding hydrogens is 231 g/mol. The van der Waals surface area contributed by atoms with Crippen LogP contribution in [0, 0.1) is 5.92 Å². The number of rotatable bonds is 9. The zero-order valence-corrected chi connectivity index (χ0v) is 11.3. The van der Waals surface area contributed by atoms with Crippen LogP contribution < -0.4 is 0 Å². The normalized spacial score (nSPS) is 16.8. The summed E-state index contributed by atoms with van der Waals surface area (Å²) >= 11 is 0. The standard InChI is InChI=1S/C10H21O5P/c1-5-14-16(12,13-4)15-8-9(2)6-7-10(3)11/h9H,5-8H2,1-4H3/t9-,16?/m1/s1. The van der Waals surface area contributed by atoms with Crippen LogP contribution in [0.5, 0.6) is 0 Å². The van der Waals surface area contributed by atoms with Gasteiger partial charge in [0.25, 0.3) is 0 Å². The van der Waals surface area contributed by atoms with E-state index >= 15 is 0 Å². The molecule has 0 heterocycles. The van der Waals surface area contributed by atoms with Crippen LogP contribution >= 0.6 is 7.82 Å². The molecule has 0 aliphatic rings. The van der Waals surface area contributed by atoms with Crippen molar-refractivity contribution in [3.8, 4) is 0 Å². The van der Waals surface area contributed by atoms with Crippen LogP contribution in [-0.4, -0.2) is 26.1 Å². The number of hydrogen-bond acceptors (Lipinski definition) is 5. The van der Waals surface area contributed by atoms with Crippen molar-refractivity contribution < 1.29 is 22.9 Å². The second-order valence-corrected chi connectivity index (χ2v) is 5.47. The van der Waals surface area contributed by atoms with E-state index in [4.69, 9.17) is 13.6 Å². The van der Waals surface area contributed by atoms with Crippen LogP contribution in [-0.2, 0) is 22.9 Å². The van der Waals surface area contributed by atoms with Gasteiger partial charge < -0.3 is 4.79 Å². The second-order valence-electron chi connectivity index (χ2n) is 3.69. The number of hydrogen-bond donors (Lipinski definition) is 0. The third kappa shape index (κ3) is 7.12. The van der Waals surface area contributed by atoms with Crippen LogP contribution in [0.4, 0.5) is 0 Å². The Balaban J connectivity index is 3.92. The number of phosphoric acid groups is 1. The van der Waals surface area contributed by atoms with E-state index in [9.17, 15) is 9.36 Å². The highest BCUT2D eigenvalue weighted by Gasteiger charge is 2.24. The number of carbonyl (C=O) groups excluding carboxylic acids is 1. The Bertz CT molecular complexity index is 254. The maximum Gasteiger partial charge on any atom is 0.474 e. The highest BCUT2D eigenvalue weighted by atomic mass is 31.2. The molecule has 0 aliphatic heterocycles. The van der Waals surface area contributed by atoms with Gasteiger partial charge in [-0.15, -0.1) is 0 Å². The van der Waals surface area contributed by atoms with E-state index < -0.39 is 7.82 Å². The van der Waals surface area contributed by atoms with Crippen LogP contribution in [0.2, 0.25) is 0 Å². The summed E-state index contributed by atoms with van der Waals surface area (Å²) in [5.74, 6) is 0.291. The lowest BCUT2D eigenvalue weighted by molar-refractivity contribution is -0.117. The smallest absolute Gasteiger partial charge is 0.300 e. The fourth-order valence-corrected chi connectivity index (χ4v) is 2.09. The van der Waals surface area contributed by atoms with Crippen LogP contribution in [0.1, 0.15) is 33.6 Å². The van der Waals surface area contributed by atoms with Gasteiger partial charge in [-0.2, -0.15) is 0 Å². The van der Waals surface area contributed by atoms with Crippen molar-refractivity contribution in [3.63, 3.8) is 0 Å². The Morgan fingerprint density at radius 2 is 2.00 bits per heavy atom. The molecule has 5 nitrogen and oxygen atoms in total. The molecule has 0 aromatic rings. The summed E-state index contributed by atoms with van der Waals surface area (Å²) < 4.78 is 26.4. The summed E-state index contributed by atoms with van der Waals surface area (Å²) in [4.78, 5) is 10.8. The fraction of sp³-hybridized carbons (Fsp3) is 0.900. The second kappa shape index (κ2) is 7.96. The molecule has 2 atom stereocenters. The quantitative estimate of drug-likeness (QED) is 0.590. The van der Waals surface area contributed by atoms with E-state index in [2.05, 4.69) is 0 Å². The minimum atomic E-state index is -3.39. The molecule has 0 radical (unpaired) electrons. The Kier molecular flexibility index (Phi) is 7.85. The molecule has 96 valence electrons. The van der Waals surface area contributed by atoms with Gasteiger partial charge in [0, 0.05) is 13.5 Å². The van der Waals surface area contributed by atoms with Gasteiger partial charge in [0.05, 0.1) is 13.2 Å². The maximum atomic E-state index is 11.7. The average molecular weight is 252 g/mol. The molecule has 0 saturated carbocycles. The summed E-state index contributed by atoms with van der Waals surface area (Å²) in [5, 5.41) is 0. The predicted molar refractivity (Wildman–Crippen MR) is 61.3 cm³/mol. The Morgan fingerprint density at radius 1 is 1.38 bits per heavy atom. The molecule has 1 unspecified atom stereocenters. The Hall–Kier alpha value is -0.220. The summed E-state index contributed by atoms with van der Waals surface area (Å²) in [5.41, 5.74) is 0. The van der Waals surface area contributed by atoms with Crippen molar-refractivity contribution in [2.45, 2.75) is 33.6 Å². The minimum absolute atomic E-state index is 0.145. The highest BCUT2D eigenvalue weighted by Crippen LogP contribution is 2.48. The largest absolute Gasteiger partial charge is 0.474 e. The van der Waals surface area contributed by atoms with Gasteiger partial charge in [0.15, 0.2) is 0 Å². The summed E-state index contributed by atoms with van der Waals surface area (Å²) in [6, 6.07) is 0. The number of carbonyl (C=O) groups is 1. The lowest BCUT2D eigenvalue weighted by Gasteiger charge is -2.17. The molecular formula is C10H21O5P. The third-order valence-electron chi connectivity index (χ3n) is 2.02. The van der Waals surface area contributed by atoms with Gasteiger partial charge in [-0.05, 0) is 26.2 Å². The number of Topliss-reactive ketones (excluding diaryl/α,β-unsaturated/α-hetero) is 1. The van der Waals surface area contributed by atoms with Gasteiger partial charge in [-0.25, -0.2) is 4.57 Å². The van der Waals surface area contributed by atoms with E-state index in [0.29, 0.717) is 12.8 Å². The first-order chi connectivity index (χ1) is 7.43. The van der Waals surface area contributed by atoms with Gasteiger partial charge in [-0.3, -0.25) is 13.6 Å². The molecule has 0 amide bonds. The van der Waals surface area contributed by atoms with E-state index in [-0.39, 0.29) is 24.9 Å². The molecule has 6 heteroatoms. The van der Waals surface area contributed by atoms with Crippen molar-refractivity contribution in [2.24, 2.45) is 5.92 Å². The van der Waals surface area contributed by atoms with Gasteiger partial charge in [-0.1, -0.05) is 6.92 Å². The van der Waals surface area contributed by atoms with Crippen molar-refractivity contribution in [1.82, 2.24) is 0 Å². The van der Waals surface area contributed by atoms with Gasteiger partial charge >= 0.3 is 7.82 Å². The monoisotopic (exact) mass is 252 g/mol. The average Bonchev–Trinajstić information content (AvgIpc) is 2.24. The van der Waals surface area contributed by atoms with E-state index in [1.807, 2.05) is 6.92 Å².